The largest absolute Gasteiger partial charge is 0.383 e. The van der Waals surface area contributed by atoms with Gasteiger partial charge in [-0.25, -0.2) is 0 Å². The van der Waals surface area contributed by atoms with E-state index in [0.29, 0.717) is 18.2 Å². The molecule has 1 N–H and O–H groups in total. The number of thiophene rings is 1. The topological polar surface area (TPSA) is 43.3 Å². The molecule has 0 bridgehead atoms. The first-order chi connectivity index (χ1) is 11.2. The number of methoxy groups -OCH3 is 1. The Hall–Kier alpha value is -1.82. The number of nitrogens with one attached hydrogen (secondary N) is 1. The fourth-order valence-electron chi connectivity index (χ4n) is 2.53. The molecule has 0 radical (unpaired) electrons. The van der Waals surface area contributed by atoms with Gasteiger partial charge in [0.15, 0.2) is 0 Å². The Bertz CT molecular complexity index is 811. The van der Waals surface area contributed by atoms with Gasteiger partial charge in [-0.15, -0.1) is 11.3 Å². The number of carbonyl (C=O) groups excluding carboxylic acids is 1. The van der Waals surface area contributed by atoms with Gasteiger partial charge in [0.25, 0.3) is 0 Å². The normalized spacial score (nSPS) is 11.0. The lowest BCUT2D eigenvalue weighted by atomic mass is 10.2. The zero-order valence-corrected chi connectivity index (χ0v) is 14.3. The van der Waals surface area contributed by atoms with E-state index in [2.05, 4.69) is 17.4 Å². The minimum Gasteiger partial charge on any atom is -0.383 e. The fraction of sp³-hybridized carbons (Fsp3) is 0.235. The third kappa shape index (κ3) is 3.58. The van der Waals surface area contributed by atoms with Gasteiger partial charge in [0, 0.05) is 29.6 Å². The quantitative estimate of drug-likeness (QED) is 0.689. The molecular weight excluding hydrogens is 332 g/mol. The SMILES string of the molecule is COCCNC(=O)Cn1c(-c2cccs2)cc2cc(Cl)ccc21. The van der Waals surface area contributed by atoms with Crippen LogP contribution in [0.15, 0.2) is 41.8 Å². The second-order valence-electron chi connectivity index (χ2n) is 5.14. The van der Waals surface area contributed by atoms with Gasteiger partial charge in [0.2, 0.25) is 5.91 Å². The summed E-state index contributed by atoms with van der Waals surface area (Å²) in [6.07, 6.45) is 0. The Morgan fingerprint density at radius 1 is 1.35 bits per heavy atom. The molecule has 0 saturated carbocycles. The molecule has 0 fully saturated rings. The van der Waals surface area contributed by atoms with Gasteiger partial charge in [-0.2, -0.15) is 0 Å². The molecule has 0 spiro atoms. The molecule has 4 nitrogen and oxygen atoms in total. The van der Waals surface area contributed by atoms with E-state index in [4.69, 9.17) is 16.3 Å². The van der Waals surface area contributed by atoms with Crippen LogP contribution in [0.1, 0.15) is 0 Å². The molecule has 0 saturated heterocycles. The number of fused-ring (bicyclic) bond motifs is 1. The molecule has 3 rings (SSSR count). The van der Waals surface area contributed by atoms with Crippen molar-refractivity contribution in [3.63, 3.8) is 0 Å². The van der Waals surface area contributed by atoms with E-state index >= 15 is 0 Å². The van der Waals surface area contributed by atoms with Gasteiger partial charge in [-0.05, 0) is 35.7 Å². The predicted octanol–water partition coefficient (Wildman–Crippen LogP) is 3.79. The number of benzene rings is 1. The van der Waals surface area contributed by atoms with Crippen LogP contribution in [0.5, 0.6) is 0 Å². The van der Waals surface area contributed by atoms with Crippen molar-refractivity contribution in [3.05, 3.63) is 46.8 Å². The summed E-state index contributed by atoms with van der Waals surface area (Å²) in [5.74, 6) is -0.0349. The molecule has 0 atom stereocenters. The molecule has 0 aliphatic rings. The second-order valence-corrected chi connectivity index (χ2v) is 6.52. The molecule has 2 aromatic heterocycles. The maximum absolute atomic E-state index is 12.2. The Morgan fingerprint density at radius 2 is 2.22 bits per heavy atom. The molecule has 0 aliphatic carbocycles. The molecule has 6 heteroatoms. The van der Waals surface area contributed by atoms with Crippen LogP contribution in [0, 0.1) is 0 Å². The summed E-state index contributed by atoms with van der Waals surface area (Å²) in [5, 5.41) is 6.62. The molecule has 0 unspecified atom stereocenters. The number of nitrogens with zero attached hydrogens (tertiary/aromatic N) is 1. The third-order valence-electron chi connectivity index (χ3n) is 3.57. The second kappa shape index (κ2) is 7.17. The molecule has 1 amide bonds. The van der Waals surface area contributed by atoms with Gasteiger partial charge in [0.05, 0.1) is 17.2 Å². The molecule has 23 heavy (non-hydrogen) atoms. The van der Waals surface area contributed by atoms with E-state index in [1.54, 1.807) is 18.4 Å². The van der Waals surface area contributed by atoms with E-state index in [1.807, 2.05) is 34.2 Å². The van der Waals surface area contributed by atoms with Crippen LogP contribution >= 0.6 is 22.9 Å². The minimum atomic E-state index is -0.0349. The number of carbonyl (C=O) groups is 1. The summed E-state index contributed by atoms with van der Waals surface area (Å²) in [6.45, 7) is 1.28. The van der Waals surface area contributed by atoms with E-state index < -0.39 is 0 Å². The summed E-state index contributed by atoms with van der Waals surface area (Å²) in [6, 6.07) is 11.9. The van der Waals surface area contributed by atoms with Crippen LogP contribution in [0.2, 0.25) is 5.02 Å². The summed E-state index contributed by atoms with van der Waals surface area (Å²) >= 11 is 7.75. The van der Waals surface area contributed by atoms with Crippen LogP contribution in [-0.2, 0) is 16.1 Å². The summed E-state index contributed by atoms with van der Waals surface area (Å²) in [4.78, 5) is 13.3. The van der Waals surface area contributed by atoms with Crippen LogP contribution < -0.4 is 5.32 Å². The maximum atomic E-state index is 12.2. The van der Waals surface area contributed by atoms with Gasteiger partial charge < -0.3 is 14.6 Å². The van der Waals surface area contributed by atoms with Crippen molar-refractivity contribution in [1.29, 1.82) is 0 Å². The van der Waals surface area contributed by atoms with Gasteiger partial charge >= 0.3 is 0 Å². The van der Waals surface area contributed by atoms with Gasteiger partial charge in [-0.1, -0.05) is 17.7 Å². The predicted molar refractivity (Wildman–Crippen MR) is 95.1 cm³/mol. The van der Waals surface area contributed by atoms with Crippen molar-refractivity contribution in [1.82, 2.24) is 9.88 Å². The summed E-state index contributed by atoms with van der Waals surface area (Å²) < 4.78 is 6.99. The lowest BCUT2D eigenvalue weighted by molar-refractivity contribution is -0.121. The van der Waals surface area contributed by atoms with Crippen LogP contribution in [0.4, 0.5) is 0 Å². The summed E-state index contributed by atoms with van der Waals surface area (Å²) in [7, 11) is 1.62. The highest BCUT2D eigenvalue weighted by Gasteiger charge is 2.14. The first kappa shape index (κ1) is 16.1. The van der Waals surface area contributed by atoms with E-state index in [-0.39, 0.29) is 12.5 Å². The zero-order chi connectivity index (χ0) is 16.2. The lowest BCUT2D eigenvalue weighted by Gasteiger charge is -2.10. The summed E-state index contributed by atoms with van der Waals surface area (Å²) in [5.41, 5.74) is 2.03. The van der Waals surface area contributed by atoms with Crippen LogP contribution in [0.3, 0.4) is 0 Å². The number of rotatable bonds is 6. The molecule has 3 aromatic rings. The van der Waals surface area contributed by atoms with Crippen molar-refractivity contribution in [2.24, 2.45) is 0 Å². The minimum absolute atomic E-state index is 0.0349. The Balaban J connectivity index is 1.96. The molecule has 0 aliphatic heterocycles. The number of aromatic nitrogens is 1. The monoisotopic (exact) mass is 348 g/mol. The maximum Gasteiger partial charge on any atom is 0.240 e. The Kier molecular flexibility index (Phi) is 5.00. The third-order valence-corrected chi connectivity index (χ3v) is 4.69. The van der Waals surface area contributed by atoms with Crippen molar-refractivity contribution in [3.8, 4) is 10.6 Å². The molecular formula is C17H17ClN2O2S. The van der Waals surface area contributed by atoms with Crippen LogP contribution in [0.25, 0.3) is 21.5 Å². The Labute approximate surface area is 143 Å². The van der Waals surface area contributed by atoms with E-state index in [0.717, 1.165) is 21.5 Å². The first-order valence-corrected chi connectivity index (χ1v) is 8.53. The number of hydrogen-bond donors (Lipinski definition) is 1. The highest BCUT2D eigenvalue weighted by molar-refractivity contribution is 7.13. The van der Waals surface area contributed by atoms with Crippen molar-refractivity contribution < 1.29 is 9.53 Å². The van der Waals surface area contributed by atoms with E-state index in [9.17, 15) is 4.79 Å². The average Bonchev–Trinajstić information content (AvgIpc) is 3.15. The molecule has 120 valence electrons. The average molecular weight is 349 g/mol. The van der Waals surface area contributed by atoms with Crippen LogP contribution in [-0.4, -0.2) is 30.7 Å². The number of amides is 1. The highest BCUT2D eigenvalue weighted by atomic mass is 35.5. The van der Waals surface area contributed by atoms with Gasteiger partial charge in [0.1, 0.15) is 6.54 Å². The molecule has 2 heterocycles. The van der Waals surface area contributed by atoms with E-state index in [1.165, 1.54) is 0 Å². The standard InChI is InChI=1S/C17H17ClN2O2S/c1-22-7-6-19-17(21)11-20-14-5-4-13(18)9-12(14)10-15(20)16-3-2-8-23-16/h2-5,8-10H,6-7,11H2,1H3,(H,19,21). The van der Waals surface area contributed by atoms with Crippen molar-refractivity contribution >= 4 is 39.7 Å². The number of halogens is 1. The molecule has 1 aromatic carbocycles. The smallest absolute Gasteiger partial charge is 0.240 e. The Morgan fingerprint density at radius 3 is 2.96 bits per heavy atom. The van der Waals surface area contributed by atoms with Crippen molar-refractivity contribution in [2.45, 2.75) is 6.54 Å². The highest BCUT2D eigenvalue weighted by Crippen LogP contribution is 2.32. The number of ether oxygens (including phenoxy) is 1. The fourth-order valence-corrected chi connectivity index (χ4v) is 3.46. The first-order valence-electron chi connectivity index (χ1n) is 7.27. The van der Waals surface area contributed by atoms with Gasteiger partial charge in [-0.3, -0.25) is 4.79 Å². The zero-order valence-electron chi connectivity index (χ0n) is 12.7. The van der Waals surface area contributed by atoms with Crippen molar-refractivity contribution in [2.75, 3.05) is 20.3 Å². The lowest BCUT2D eigenvalue weighted by Crippen LogP contribution is -2.30. The number of hydrogen-bond acceptors (Lipinski definition) is 3.